The zero-order valence-corrected chi connectivity index (χ0v) is 15.4. The van der Waals surface area contributed by atoms with Crippen LogP contribution in [0.5, 0.6) is 0 Å². The molecule has 1 atom stereocenters. The lowest BCUT2D eigenvalue weighted by Gasteiger charge is -2.41. The number of piperazine rings is 1. The van der Waals surface area contributed by atoms with E-state index in [0.29, 0.717) is 18.4 Å². The van der Waals surface area contributed by atoms with Crippen molar-refractivity contribution in [2.45, 2.75) is 44.7 Å². The third kappa shape index (κ3) is 3.98. The minimum atomic E-state index is 0.297. The topological polar surface area (TPSA) is 41.4 Å². The minimum Gasteiger partial charge on any atom is -0.340 e. The van der Waals surface area contributed by atoms with Gasteiger partial charge in [0.15, 0.2) is 0 Å². The number of aromatic nitrogens is 2. The second-order valence-corrected chi connectivity index (χ2v) is 7.45. The molecule has 1 aliphatic heterocycles. The van der Waals surface area contributed by atoms with E-state index in [1.807, 2.05) is 16.9 Å². The first-order chi connectivity index (χ1) is 12.8. The first-order valence-corrected chi connectivity index (χ1v) is 9.85. The molecular weight excluding hydrogens is 324 g/mol. The number of hydrogen-bond acceptors (Lipinski definition) is 3. The molecule has 1 aliphatic carbocycles. The summed E-state index contributed by atoms with van der Waals surface area (Å²) in [6, 6.07) is 11.4. The van der Waals surface area contributed by atoms with Crippen LogP contribution in [0.2, 0.25) is 0 Å². The van der Waals surface area contributed by atoms with Crippen LogP contribution < -0.4 is 0 Å². The SMILES string of the molecule is O=C(CCCn1cccn1)N1CCN(C2CCc3ccccc3C2)CC1. The van der Waals surface area contributed by atoms with Gasteiger partial charge in [0.25, 0.3) is 0 Å². The van der Waals surface area contributed by atoms with E-state index in [1.54, 1.807) is 6.20 Å². The second-order valence-electron chi connectivity index (χ2n) is 7.45. The van der Waals surface area contributed by atoms with Gasteiger partial charge in [-0.2, -0.15) is 5.10 Å². The molecule has 2 heterocycles. The highest BCUT2D eigenvalue weighted by Crippen LogP contribution is 2.25. The normalized spacial score (nSPS) is 20.8. The summed E-state index contributed by atoms with van der Waals surface area (Å²) < 4.78 is 1.89. The molecule has 0 spiro atoms. The number of aryl methyl sites for hydroxylation is 2. The molecule has 26 heavy (non-hydrogen) atoms. The number of carbonyl (C=O) groups excluding carboxylic acids is 1. The van der Waals surface area contributed by atoms with E-state index in [4.69, 9.17) is 0 Å². The molecule has 1 unspecified atom stereocenters. The Balaban J connectivity index is 1.22. The van der Waals surface area contributed by atoms with Crippen LogP contribution in [0.25, 0.3) is 0 Å². The van der Waals surface area contributed by atoms with Crippen LogP contribution >= 0.6 is 0 Å². The Morgan fingerprint density at radius 3 is 2.65 bits per heavy atom. The minimum absolute atomic E-state index is 0.297. The predicted octanol–water partition coefficient (Wildman–Crippen LogP) is 2.37. The first kappa shape index (κ1) is 17.3. The highest BCUT2D eigenvalue weighted by Gasteiger charge is 2.28. The van der Waals surface area contributed by atoms with Crippen LogP contribution in [-0.4, -0.2) is 57.7 Å². The molecular formula is C21H28N4O. The number of fused-ring (bicyclic) bond motifs is 1. The van der Waals surface area contributed by atoms with Crippen molar-refractivity contribution in [1.82, 2.24) is 19.6 Å². The highest BCUT2D eigenvalue weighted by molar-refractivity contribution is 5.76. The van der Waals surface area contributed by atoms with E-state index in [9.17, 15) is 4.79 Å². The third-order valence-electron chi connectivity index (χ3n) is 5.84. The lowest BCUT2D eigenvalue weighted by molar-refractivity contribution is -0.133. The van der Waals surface area contributed by atoms with E-state index in [2.05, 4.69) is 39.2 Å². The van der Waals surface area contributed by atoms with Gasteiger partial charge in [0.2, 0.25) is 5.91 Å². The molecule has 0 bridgehead atoms. The van der Waals surface area contributed by atoms with Gasteiger partial charge in [0.1, 0.15) is 0 Å². The molecule has 5 nitrogen and oxygen atoms in total. The number of rotatable bonds is 5. The van der Waals surface area contributed by atoms with Crippen molar-refractivity contribution < 1.29 is 4.79 Å². The van der Waals surface area contributed by atoms with Gasteiger partial charge in [-0.1, -0.05) is 24.3 Å². The zero-order chi connectivity index (χ0) is 17.8. The Morgan fingerprint density at radius 1 is 1.08 bits per heavy atom. The summed E-state index contributed by atoms with van der Waals surface area (Å²) in [5.41, 5.74) is 3.04. The van der Waals surface area contributed by atoms with Gasteiger partial charge >= 0.3 is 0 Å². The van der Waals surface area contributed by atoms with Gasteiger partial charge in [0, 0.05) is 57.6 Å². The highest BCUT2D eigenvalue weighted by atomic mass is 16.2. The quantitative estimate of drug-likeness (QED) is 0.830. The lowest BCUT2D eigenvalue weighted by Crippen LogP contribution is -2.53. The number of benzene rings is 1. The monoisotopic (exact) mass is 352 g/mol. The van der Waals surface area contributed by atoms with E-state index in [0.717, 1.165) is 45.6 Å². The van der Waals surface area contributed by atoms with Gasteiger partial charge in [-0.05, 0) is 42.9 Å². The summed E-state index contributed by atoms with van der Waals surface area (Å²) in [4.78, 5) is 17.1. The number of amides is 1. The Labute approximate surface area is 155 Å². The molecule has 0 saturated carbocycles. The summed E-state index contributed by atoms with van der Waals surface area (Å²) in [6.07, 6.45) is 8.81. The Hall–Kier alpha value is -2.14. The number of nitrogens with zero attached hydrogens (tertiary/aromatic N) is 4. The van der Waals surface area contributed by atoms with Crippen molar-refractivity contribution in [3.63, 3.8) is 0 Å². The number of hydrogen-bond donors (Lipinski definition) is 0. The largest absolute Gasteiger partial charge is 0.340 e. The maximum Gasteiger partial charge on any atom is 0.222 e. The van der Waals surface area contributed by atoms with Crippen LogP contribution in [0.1, 0.15) is 30.4 Å². The Kier molecular flexibility index (Phi) is 5.34. The van der Waals surface area contributed by atoms with Crippen molar-refractivity contribution in [2.24, 2.45) is 0 Å². The molecule has 1 fully saturated rings. The fourth-order valence-electron chi connectivity index (χ4n) is 4.31. The maximum atomic E-state index is 12.5. The number of carbonyl (C=O) groups is 1. The van der Waals surface area contributed by atoms with Crippen molar-refractivity contribution in [1.29, 1.82) is 0 Å². The molecule has 1 amide bonds. The van der Waals surface area contributed by atoms with Crippen molar-refractivity contribution in [3.8, 4) is 0 Å². The molecule has 138 valence electrons. The summed E-state index contributed by atoms with van der Waals surface area (Å²) in [5, 5.41) is 4.19. The smallest absolute Gasteiger partial charge is 0.222 e. The summed E-state index contributed by atoms with van der Waals surface area (Å²) in [6.45, 7) is 4.59. The van der Waals surface area contributed by atoms with Gasteiger partial charge in [-0.3, -0.25) is 14.4 Å². The van der Waals surface area contributed by atoms with Gasteiger partial charge in [-0.15, -0.1) is 0 Å². The molecule has 0 radical (unpaired) electrons. The summed E-state index contributed by atoms with van der Waals surface area (Å²) >= 11 is 0. The molecule has 5 heteroatoms. The summed E-state index contributed by atoms with van der Waals surface area (Å²) in [7, 11) is 0. The molecule has 0 N–H and O–H groups in total. The van der Waals surface area contributed by atoms with Crippen molar-refractivity contribution >= 4 is 5.91 Å². The standard InChI is InChI=1S/C21H28N4O/c26-21(7-3-11-25-12-4-10-22-25)24-15-13-23(14-16-24)20-9-8-18-5-1-2-6-19(18)17-20/h1-2,4-6,10,12,20H,3,7-9,11,13-17H2. The first-order valence-electron chi connectivity index (χ1n) is 9.85. The van der Waals surface area contributed by atoms with Crippen LogP contribution in [0.3, 0.4) is 0 Å². The molecule has 2 aliphatic rings. The van der Waals surface area contributed by atoms with Gasteiger partial charge in [0.05, 0.1) is 0 Å². The fourth-order valence-corrected chi connectivity index (χ4v) is 4.31. The third-order valence-corrected chi connectivity index (χ3v) is 5.84. The Morgan fingerprint density at radius 2 is 1.88 bits per heavy atom. The molecule has 1 aromatic heterocycles. The Bertz CT molecular complexity index is 719. The van der Waals surface area contributed by atoms with Crippen molar-refractivity contribution in [3.05, 3.63) is 53.9 Å². The molecule has 1 aromatic carbocycles. The van der Waals surface area contributed by atoms with Crippen molar-refractivity contribution in [2.75, 3.05) is 26.2 Å². The predicted molar refractivity (Wildman–Crippen MR) is 102 cm³/mol. The lowest BCUT2D eigenvalue weighted by atomic mass is 9.87. The van der Waals surface area contributed by atoms with Gasteiger partial charge in [-0.25, -0.2) is 0 Å². The fraction of sp³-hybridized carbons (Fsp3) is 0.524. The van der Waals surface area contributed by atoms with Crippen LogP contribution in [0.15, 0.2) is 42.7 Å². The maximum absolute atomic E-state index is 12.5. The van der Waals surface area contributed by atoms with E-state index >= 15 is 0 Å². The van der Waals surface area contributed by atoms with Crippen LogP contribution in [-0.2, 0) is 24.2 Å². The van der Waals surface area contributed by atoms with Gasteiger partial charge < -0.3 is 4.90 Å². The average molecular weight is 352 g/mol. The molecule has 4 rings (SSSR count). The summed E-state index contributed by atoms with van der Waals surface area (Å²) in [5.74, 6) is 0.297. The van der Waals surface area contributed by atoms with E-state index in [-0.39, 0.29) is 0 Å². The van der Waals surface area contributed by atoms with E-state index < -0.39 is 0 Å². The van der Waals surface area contributed by atoms with Crippen LogP contribution in [0.4, 0.5) is 0 Å². The van der Waals surface area contributed by atoms with Crippen LogP contribution in [0, 0.1) is 0 Å². The average Bonchev–Trinajstić information content (AvgIpc) is 3.21. The zero-order valence-electron chi connectivity index (χ0n) is 15.4. The van der Waals surface area contributed by atoms with E-state index in [1.165, 1.54) is 24.0 Å². The molecule has 1 saturated heterocycles. The molecule has 2 aromatic rings. The second kappa shape index (κ2) is 8.04.